The van der Waals surface area contributed by atoms with Gasteiger partial charge in [0.2, 0.25) is 5.91 Å². The summed E-state index contributed by atoms with van der Waals surface area (Å²) in [5.41, 5.74) is 4.06. The van der Waals surface area contributed by atoms with Crippen molar-refractivity contribution in [3.8, 4) is 0 Å². The van der Waals surface area contributed by atoms with Crippen molar-refractivity contribution in [1.29, 1.82) is 0 Å². The highest BCUT2D eigenvalue weighted by Crippen LogP contribution is 2.24. The molecular formula is C20H25ClN4O2. The summed E-state index contributed by atoms with van der Waals surface area (Å²) in [7, 11) is 1.90. The molecule has 2 heterocycles. The summed E-state index contributed by atoms with van der Waals surface area (Å²) < 4.78 is 1.83. The van der Waals surface area contributed by atoms with Gasteiger partial charge in [-0.3, -0.25) is 14.3 Å². The van der Waals surface area contributed by atoms with E-state index in [2.05, 4.69) is 10.4 Å². The van der Waals surface area contributed by atoms with Gasteiger partial charge in [-0.15, -0.1) is 0 Å². The number of halogens is 1. The molecule has 0 saturated carbocycles. The van der Waals surface area contributed by atoms with Crippen LogP contribution in [0.3, 0.4) is 0 Å². The Kier molecular flexibility index (Phi) is 5.85. The summed E-state index contributed by atoms with van der Waals surface area (Å²) in [6, 6.07) is 5.01. The molecule has 0 radical (unpaired) electrons. The fraction of sp³-hybridized carbons (Fsp3) is 0.450. The molecule has 7 heteroatoms. The molecule has 2 aromatic rings. The molecule has 1 aromatic heterocycles. The van der Waals surface area contributed by atoms with Crippen LogP contribution in [0.4, 0.5) is 5.69 Å². The average molecular weight is 389 g/mol. The summed E-state index contributed by atoms with van der Waals surface area (Å²) in [6.45, 7) is 5.46. The summed E-state index contributed by atoms with van der Waals surface area (Å²) in [5.74, 6) is -0.200. The first kappa shape index (κ1) is 19.4. The molecular weight excluding hydrogens is 364 g/mol. The third-order valence-electron chi connectivity index (χ3n) is 5.14. The van der Waals surface area contributed by atoms with Crippen molar-refractivity contribution in [3.05, 3.63) is 45.7 Å². The number of carbonyl (C=O) groups is 2. The molecule has 1 N–H and O–H groups in total. The van der Waals surface area contributed by atoms with E-state index in [1.807, 2.05) is 30.5 Å². The molecule has 27 heavy (non-hydrogen) atoms. The van der Waals surface area contributed by atoms with E-state index in [1.165, 1.54) is 0 Å². The van der Waals surface area contributed by atoms with Crippen LogP contribution in [0, 0.1) is 13.8 Å². The van der Waals surface area contributed by atoms with Gasteiger partial charge in [-0.2, -0.15) is 5.10 Å². The molecule has 144 valence electrons. The number of hydrogen-bond acceptors (Lipinski definition) is 3. The lowest BCUT2D eigenvalue weighted by Crippen LogP contribution is -2.28. The van der Waals surface area contributed by atoms with E-state index < -0.39 is 0 Å². The summed E-state index contributed by atoms with van der Waals surface area (Å²) in [4.78, 5) is 27.1. The maximum absolute atomic E-state index is 12.8. The topological polar surface area (TPSA) is 67.2 Å². The van der Waals surface area contributed by atoms with E-state index >= 15 is 0 Å². The fourth-order valence-corrected chi connectivity index (χ4v) is 3.70. The molecule has 0 atom stereocenters. The average Bonchev–Trinajstić information content (AvgIpc) is 3.23. The first-order chi connectivity index (χ1) is 12.9. The van der Waals surface area contributed by atoms with Crippen LogP contribution in [0.5, 0.6) is 0 Å². The minimum Gasteiger partial charge on any atom is -0.339 e. The van der Waals surface area contributed by atoms with Crippen LogP contribution >= 0.6 is 11.6 Å². The van der Waals surface area contributed by atoms with Crippen molar-refractivity contribution in [2.45, 2.75) is 39.5 Å². The van der Waals surface area contributed by atoms with Gasteiger partial charge in [0.15, 0.2) is 0 Å². The van der Waals surface area contributed by atoms with Gasteiger partial charge in [-0.05, 0) is 56.9 Å². The van der Waals surface area contributed by atoms with Gasteiger partial charge in [-0.25, -0.2) is 0 Å². The van der Waals surface area contributed by atoms with Gasteiger partial charge in [0, 0.05) is 37.3 Å². The molecule has 6 nitrogen and oxygen atoms in total. The maximum Gasteiger partial charge on any atom is 0.255 e. The second-order valence-electron chi connectivity index (χ2n) is 7.01. The van der Waals surface area contributed by atoms with Gasteiger partial charge in [0.1, 0.15) is 0 Å². The number of anilines is 1. The molecule has 0 bridgehead atoms. The largest absolute Gasteiger partial charge is 0.339 e. The zero-order valence-electron chi connectivity index (χ0n) is 16.0. The minimum absolute atomic E-state index is 0.0570. The summed E-state index contributed by atoms with van der Waals surface area (Å²) in [5, 5.41) is 7.74. The Morgan fingerprint density at radius 1 is 1.22 bits per heavy atom. The normalized spacial score (nSPS) is 13.9. The molecule has 0 aliphatic carbocycles. The molecule has 1 aromatic carbocycles. The zero-order chi connectivity index (χ0) is 19.6. The second-order valence-corrected chi connectivity index (χ2v) is 7.45. The fourth-order valence-electron chi connectivity index (χ4n) is 3.53. The number of carbonyl (C=O) groups excluding carboxylic acids is 2. The van der Waals surface area contributed by atoms with Crippen LogP contribution in [0.25, 0.3) is 0 Å². The van der Waals surface area contributed by atoms with E-state index in [1.54, 1.807) is 18.2 Å². The number of nitrogens with one attached hydrogen (secondary N) is 1. The van der Waals surface area contributed by atoms with Crippen LogP contribution in [0.15, 0.2) is 18.2 Å². The van der Waals surface area contributed by atoms with E-state index in [4.69, 9.17) is 11.6 Å². The van der Waals surface area contributed by atoms with Gasteiger partial charge in [0.05, 0.1) is 16.9 Å². The molecule has 1 aliphatic heterocycles. The maximum atomic E-state index is 12.8. The number of aryl methyl sites for hydroxylation is 2. The number of rotatable bonds is 5. The SMILES string of the molecule is Cc1nn(C)c(C)c1CCC(=O)Nc1cc(Cl)ccc1C(=O)N1CCCC1. The van der Waals surface area contributed by atoms with Crippen molar-refractivity contribution in [2.75, 3.05) is 18.4 Å². The molecule has 1 fully saturated rings. The lowest BCUT2D eigenvalue weighted by atomic mass is 10.1. The number of likely N-dealkylation sites (tertiary alicyclic amines) is 1. The first-order valence-corrected chi connectivity index (χ1v) is 9.62. The van der Waals surface area contributed by atoms with Gasteiger partial charge in [0.25, 0.3) is 5.91 Å². The Labute approximate surface area is 164 Å². The highest BCUT2D eigenvalue weighted by Gasteiger charge is 2.23. The van der Waals surface area contributed by atoms with E-state index in [9.17, 15) is 9.59 Å². The Morgan fingerprint density at radius 2 is 1.93 bits per heavy atom. The van der Waals surface area contributed by atoms with Crippen LogP contribution in [-0.4, -0.2) is 39.6 Å². The Hall–Kier alpha value is -2.34. The number of amides is 2. The molecule has 0 spiro atoms. The predicted octanol–water partition coefficient (Wildman–Crippen LogP) is 3.50. The minimum atomic E-state index is -0.143. The Balaban J connectivity index is 1.71. The van der Waals surface area contributed by atoms with Crippen LogP contribution < -0.4 is 5.32 Å². The highest BCUT2D eigenvalue weighted by molar-refractivity contribution is 6.31. The lowest BCUT2D eigenvalue weighted by Gasteiger charge is -2.18. The van der Waals surface area contributed by atoms with Crippen LogP contribution in [0.1, 0.15) is 46.6 Å². The van der Waals surface area contributed by atoms with E-state index in [0.29, 0.717) is 29.1 Å². The van der Waals surface area contributed by atoms with Crippen LogP contribution in [-0.2, 0) is 18.3 Å². The molecule has 1 saturated heterocycles. The lowest BCUT2D eigenvalue weighted by molar-refractivity contribution is -0.116. The molecule has 3 rings (SSSR count). The van der Waals surface area contributed by atoms with E-state index in [0.717, 1.165) is 42.9 Å². The highest BCUT2D eigenvalue weighted by atomic mass is 35.5. The van der Waals surface area contributed by atoms with E-state index in [-0.39, 0.29) is 11.8 Å². The number of hydrogen-bond donors (Lipinski definition) is 1. The Bertz CT molecular complexity index is 869. The smallest absolute Gasteiger partial charge is 0.255 e. The van der Waals surface area contributed by atoms with Crippen molar-refractivity contribution >= 4 is 29.1 Å². The third kappa shape index (κ3) is 4.33. The van der Waals surface area contributed by atoms with Crippen molar-refractivity contribution in [1.82, 2.24) is 14.7 Å². The van der Waals surface area contributed by atoms with Crippen LogP contribution in [0.2, 0.25) is 5.02 Å². The Morgan fingerprint density at radius 3 is 2.56 bits per heavy atom. The second kappa shape index (κ2) is 8.13. The summed E-state index contributed by atoms with van der Waals surface area (Å²) >= 11 is 6.09. The quantitative estimate of drug-likeness (QED) is 0.852. The predicted molar refractivity (Wildman–Crippen MR) is 106 cm³/mol. The third-order valence-corrected chi connectivity index (χ3v) is 5.38. The monoisotopic (exact) mass is 388 g/mol. The number of nitrogens with zero attached hydrogens (tertiary/aromatic N) is 3. The number of aromatic nitrogens is 2. The van der Waals surface area contributed by atoms with Gasteiger partial charge in [-0.1, -0.05) is 11.6 Å². The van der Waals surface area contributed by atoms with Gasteiger partial charge < -0.3 is 10.2 Å². The standard InChI is InChI=1S/C20H25ClN4O2/c1-13-16(14(2)24(3)23-13)8-9-19(26)22-18-12-15(21)6-7-17(18)20(27)25-10-4-5-11-25/h6-7,12H,4-5,8-11H2,1-3H3,(H,22,26). The zero-order valence-corrected chi connectivity index (χ0v) is 16.8. The van der Waals surface area contributed by atoms with Crippen molar-refractivity contribution in [2.24, 2.45) is 7.05 Å². The molecule has 1 aliphatic rings. The van der Waals surface area contributed by atoms with Crippen molar-refractivity contribution in [3.63, 3.8) is 0 Å². The first-order valence-electron chi connectivity index (χ1n) is 9.24. The molecule has 2 amide bonds. The van der Waals surface area contributed by atoms with Crippen molar-refractivity contribution < 1.29 is 9.59 Å². The van der Waals surface area contributed by atoms with Gasteiger partial charge >= 0.3 is 0 Å². The number of benzene rings is 1. The molecule has 0 unspecified atom stereocenters. The summed E-state index contributed by atoms with van der Waals surface area (Å²) in [6.07, 6.45) is 2.96.